The van der Waals surface area contributed by atoms with Crippen LogP contribution in [0, 0.1) is 10.1 Å². The van der Waals surface area contributed by atoms with Crippen LogP contribution >= 0.6 is 0 Å². The summed E-state index contributed by atoms with van der Waals surface area (Å²) in [5, 5.41) is 16.7. The molecule has 1 heterocycles. The second kappa shape index (κ2) is 6.74. The van der Waals surface area contributed by atoms with E-state index in [1.165, 1.54) is 18.3 Å². The molecule has 0 fully saturated rings. The Morgan fingerprint density at radius 2 is 1.96 bits per heavy atom. The summed E-state index contributed by atoms with van der Waals surface area (Å²) in [5.74, 6) is 1.22. The molecule has 0 spiro atoms. The van der Waals surface area contributed by atoms with Crippen molar-refractivity contribution in [1.82, 2.24) is 4.98 Å². The van der Waals surface area contributed by atoms with Crippen molar-refractivity contribution in [2.75, 3.05) is 12.5 Å². The average molecular weight is 322 g/mol. The highest BCUT2D eigenvalue weighted by Crippen LogP contribution is 2.27. The van der Waals surface area contributed by atoms with Gasteiger partial charge in [0.1, 0.15) is 17.8 Å². The highest BCUT2D eigenvalue weighted by atomic mass is 16.6. The minimum Gasteiger partial charge on any atom is -0.496 e. The Balaban J connectivity index is 1.82. The molecule has 2 aromatic carbocycles. The van der Waals surface area contributed by atoms with Crippen molar-refractivity contribution in [3.8, 4) is 5.75 Å². The molecule has 0 radical (unpaired) electrons. The smallest absolute Gasteiger partial charge is 0.287 e. The molecule has 0 aliphatic carbocycles. The van der Waals surface area contributed by atoms with Crippen molar-refractivity contribution in [2.24, 2.45) is 5.10 Å². The van der Waals surface area contributed by atoms with Crippen LogP contribution in [0.15, 0.2) is 59.8 Å². The van der Waals surface area contributed by atoms with Crippen molar-refractivity contribution < 1.29 is 9.66 Å². The molecular formula is C17H14N4O3. The van der Waals surface area contributed by atoms with Crippen LogP contribution in [0.2, 0.25) is 0 Å². The summed E-state index contributed by atoms with van der Waals surface area (Å²) in [6, 6.07) is 14.5. The average Bonchev–Trinajstić information content (AvgIpc) is 2.62. The number of aromatic nitrogens is 1. The number of hydrogen-bond acceptors (Lipinski definition) is 6. The minimum absolute atomic E-state index is 0.0642. The van der Waals surface area contributed by atoms with Gasteiger partial charge < -0.3 is 4.74 Å². The fourth-order valence-corrected chi connectivity index (χ4v) is 2.31. The molecule has 3 rings (SSSR count). The maximum absolute atomic E-state index is 10.6. The maximum Gasteiger partial charge on any atom is 0.287 e. The molecule has 0 amide bonds. The summed E-state index contributed by atoms with van der Waals surface area (Å²) < 4.78 is 5.36. The topological polar surface area (TPSA) is 89.6 Å². The van der Waals surface area contributed by atoms with Gasteiger partial charge in [-0.3, -0.25) is 15.5 Å². The van der Waals surface area contributed by atoms with Gasteiger partial charge in [-0.05, 0) is 23.6 Å². The number of pyridine rings is 1. The van der Waals surface area contributed by atoms with Gasteiger partial charge in [0.25, 0.3) is 5.69 Å². The molecule has 0 saturated carbocycles. The second-order valence-electron chi connectivity index (χ2n) is 4.93. The van der Waals surface area contributed by atoms with Crippen LogP contribution in [0.1, 0.15) is 5.56 Å². The van der Waals surface area contributed by atoms with Crippen LogP contribution in [0.25, 0.3) is 10.8 Å². The Labute approximate surface area is 137 Å². The van der Waals surface area contributed by atoms with Gasteiger partial charge in [-0.25, -0.2) is 4.98 Å². The molecule has 1 aromatic heterocycles. The Kier molecular flexibility index (Phi) is 4.33. The number of benzene rings is 2. The Morgan fingerprint density at radius 3 is 2.62 bits per heavy atom. The van der Waals surface area contributed by atoms with Crippen molar-refractivity contribution in [3.05, 3.63) is 70.4 Å². The number of nitrogens with zero attached hydrogens (tertiary/aromatic N) is 3. The van der Waals surface area contributed by atoms with E-state index in [-0.39, 0.29) is 5.69 Å². The van der Waals surface area contributed by atoms with Gasteiger partial charge in [-0.1, -0.05) is 24.3 Å². The van der Waals surface area contributed by atoms with E-state index >= 15 is 0 Å². The molecule has 120 valence electrons. The summed E-state index contributed by atoms with van der Waals surface area (Å²) in [7, 11) is 1.64. The molecule has 3 aromatic rings. The van der Waals surface area contributed by atoms with Crippen LogP contribution in [0.3, 0.4) is 0 Å². The molecular weight excluding hydrogens is 308 g/mol. The largest absolute Gasteiger partial charge is 0.496 e. The van der Waals surface area contributed by atoms with Gasteiger partial charge in [0, 0.05) is 17.0 Å². The van der Waals surface area contributed by atoms with Crippen LogP contribution in [0.4, 0.5) is 11.5 Å². The van der Waals surface area contributed by atoms with E-state index in [9.17, 15) is 10.1 Å². The molecule has 7 heteroatoms. The van der Waals surface area contributed by atoms with Crippen molar-refractivity contribution in [2.45, 2.75) is 0 Å². The fourth-order valence-electron chi connectivity index (χ4n) is 2.31. The highest BCUT2D eigenvalue weighted by molar-refractivity contribution is 6.02. The number of nitrogens with one attached hydrogen (secondary N) is 1. The minimum atomic E-state index is -0.496. The van der Waals surface area contributed by atoms with Gasteiger partial charge in [-0.15, -0.1) is 0 Å². The quantitative estimate of drug-likeness (QED) is 0.440. The first-order valence-electron chi connectivity index (χ1n) is 7.14. The molecule has 0 saturated heterocycles. The molecule has 7 nitrogen and oxygen atoms in total. The van der Waals surface area contributed by atoms with Gasteiger partial charge in [0.15, 0.2) is 0 Å². The van der Waals surface area contributed by atoms with Gasteiger partial charge >= 0.3 is 0 Å². The zero-order chi connectivity index (χ0) is 16.9. The lowest BCUT2D eigenvalue weighted by Crippen LogP contribution is -1.96. The third-order valence-corrected chi connectivity index (χ3v) is 3.48. The van der Waals surface area contributed by atoms with E-state index in [0.717, 1.165) is 22.1 Å². The number of rotatable bonds is 5. The van der Waals surface area contributed by atoms with Crippen molar-refractivity contribution in [1.29, 1.82) is 0 Å². The highest BCUT2D eigenvalue weighted by Gasteiger charge is 2.05. The SMILES string of the molecule is COc1ccc(C=NNc2ccc([N+](=O)[O-])cn2)c2ccccc12. The molecule has 24 heavy (non-hydrogen) atoms. The Hall–Kier alpha value is -3.48. The van der Waals surface area contributed by atoms with Crippen molar-refractivity contribution in [3.63, 3.8) is 0 Å². The number of nitro groups is 1. The normalized spacial score (nSPS) is 10.9. The van der Waals surface area contributed by atoms with E-state index in [0.29, 0.717) is 5.82 Å². The predicted molar refractivity (Wildman–Crippen MR) is 92.6 cm³/mol. The molecule has 0 aliphatic heterocycles. The first kappa shape index (κ1) is 15.4. The zero-order valence-electron chi connectivity index (χ0n) is 12.8. The fraction of sp³-hybridized carbons (Fsp3) is 0.0588. The first-order valence-corrected chi connectivity index (χ1v) is 7.14. The summed E-state index contributed by atoms with van der Waals surface area (Å²) >= 11 is 0. The molecule has 0 aliphatic rings. The van der Waals surface area contributed by atoms with Gasteiger partial charge in [0.2, 0.25) is 0 Å². The molecule has 0 unspecified atom stereocenters. The van der Waals surface area contributed by atoms with E-state index in [2.05, 4.69) is 15.5 Å². The van der Waals surface area contributed by atoms with Gasteiger partial charge in [0.05, 0.1) is 18.2 Å². The van der Waals surface area contributed by atoms with Crippen LogP contribution in [0.5, 0.6) is 5.75 Å². The van der Waals surface area contributed by atoms with Gasteiger partial charge in [-0.2, -0.15) is 5.10 Å². The second-order valence-corrected chi connectivity index (χ2v) is 4.93. The number of methoxy groups -OCH3 is 1. The predicted octanol–water partition coefficient (Wildman–Crippen LogP) is 3.60. The third kappa shape index (κ3) is 3.14. The Bertz CT molecular complexity index is 907. The summed E-state index contributed by atoms with van der Waals surface area (Å²) in [4.78, 5) is 14.0. The van der Waals surface area contributed by atoms with E-state index in [1.54, 1.807) is 13.3 Å². The standard InChI is InChI=1S/C17H14N4O3/c1-24-16-8-6-12(14-4-2-3-5-15(14)16)10-19-20-17-9-7-13(11-18-17)21(22)23/h2-11H,1H3,(H,18,20). The van der Waals surface area contributed by atoms with Crippen molar-refractivity contribution >= 4 is 28.5 Å². The Morgan fingerprint density at radius 1 is 1.17 bits per heavy atom. The van der Waals surface area contributed by atoms with Crippen LogP contribution in [-0.2, 0) is 0 Å². The van der Waals surface area contributed by atoms with E-state index in [4.69, 9.17) is 4.74 Å². The number of hydrogen-bond donors (Lipinski definition) is 1. The maximum atomic E-state index is 10.6. The first-order chi connectivity index (χ1) is 11.7. The summed E-state index contributed by atoms with van der Waals surface area (Å²) in [6.45, 7) is 0. The number of ether oxygens (including phenoxy) is 1. The van der Waals surface area contributed by atoms with E-state index < -0.39 is 4.92 Å². The van der Waals surface area contributed by atoms with Crippen LogP contribution in [-0.4, -0.2) is 23.2 Å². The monoisotopic (exact) mass is 322 g/mol. The number of hydrazone groups is 1. The number of fused-ring (bicyclic) bond motifs is 1. The molecule has 0 atom stereocenters. The molecule has 1 N–H and O–H groups in total. The summed E-state index contributed by atoms with van der Waals surface area (Å²) in [5.41, 5.74) is 3.61. The number of anilines is 1. The molecule has 0 bridgehead atoms. The lowest BCUT2D eigenvalue weighted by molar-refractivity contribution is -0.385. The lowest BCUT2D eigenvalue weighted by atomic mass is 10.0. The third-order valence-electron chi connectivity index (χ3n) is 3.48. The van der Waals surface area contributed by atoms with Crippen LogP contribution < -0.4 is 10.2 Å². The van der Waals surface area contributed by atoms with E-state index in [1.807, 2.05) is 36.4 Å². The zero-order valence-corrected chi connectivity index (χ0v) is 12.8. The summed E-state index contributed by atoms with van der Waals surface area (Å²) in [6.07, 6.45) is 2.85. The lowest BCUT2D eigenvalue weighted by Gasteiger charge is -2.07.